The van der Waals surface area contributed by atoms with Crippen molar-refractivity contribution >= 4 is 16.9 Å². The standard InChI is InChI=1S/C24H27F4N7/c1-30-23(9-10-35(2)3)8-7-14(11-19(23)29)33-22-32-13-17(24(26,27)28)20(34-22)16-12-31-21-15(16)5-4-6-18(21)25/h4-8,11-13,19,30-31H,9-10,29H2,1-3H3,(H,32,33,34). The van der Waals surface area contributed by atoms with Crippen molar-refractivity contribution in [3.63, 3.8) is 0 Å². The van der Waals surface area contributed by atoms with Crippen molar-refractivity contribution in [2.75, 3.05) is 33.0 Å². The van der Waals surface area contributed by atoms with E-state index in [-0.39, 0.29) is 22.7 Å². The summed E-state index contributed by atoms with van der Waals surface area (Å²) in [5.74, 6) is -0.601. The Morgan fingerprint density at radius 1 is 1.26 bits per heavy atom. The molecule has 1 aliphatic rings. The van der Waals surface area contributed by atoms with Crippen LogP contribution in [0.4, 0.5) is 23.5 Å². The van der Waals surface area contributed by atoms with Gasteiger partial charge in [0.25, 0.3) is 0 Å². The van der Waals surface area contributed by atoms with E-state index in [9.17, 15) is 17.6 Å². The molecule has 4 rings (SSSR count). The van der Waals surface area contributed by atoms with Crippen LogP contribution >= 0.6 is 0 Å². The Kier molecular flexibility index (Phi) is 6.67. The van der Waals surface area contributed by atoms with E-state index < -0.39 is 29.1 Å². The predicted octanol–water partition coefficient (Wildman–Crippen LogP) is 3.89. The summed E-state index contributed by atoms with van der Waals surface area (Å²) >= 11 is 0. The fraction of sp³-hybridized carbons (Fsp3) is 0.333. The number of likely N-dealkylation sites (N-methyl/N-ethyl adjacent to an activating group) is 1. The summed E-state index contributed by atoms with van der Waals surface area (Å²) in [6.07, 6.45) is 3.63. The van der Waals surface area contributed by atoms with Gasteiger partial charge in [0.2, 0.25) is 5.95 Å². The Hall–Kier alpha value is -3.28. The molecular formula is C24H27F4N7. The second-order valence-corrected chi connectivity index (χ2v) is 8.77. The summed E-state index contributed by atoms with van der Waals surface area (Å²) in [5, 5.41) is 6.53. The molecule has 1 aliphatic carbocycles. The lowest BCUT2D eigenvalue weighted by atomic mass is 9.83. The van der Waals surface area contributed by atoms with E-state index in [0.717, 1.165) is 19.2 Å². The average Bonchev–Trinajstić information content (AvgIpc) is 3.23. The number of allylic oxidation sites excluding steroid dienone is 1. The van der Waals surface area contributed by atoms with Gasteiger partial charge in [-0.15, -0.1) is 0 Å². The fourth-order valence-corrected chi connectivity index (χ4v) is 4.16. The molecule has 0 radical (unpaired) electrons. The van der Waals surface area contributed by atoms with Gasteiger partial charge < -0.3 is 26.3 Å². The molecule has 0 aliphatic heterocycles. The quantitative estimate of drug-likeness (QED) is 0.377. The van der Waals surface area contributed by atoms with Crippen LogP contribution in [0.2, 0.25) is 0 Å². The number of nitrogens with one attached hydrogen (secondary N) is 3. The predicted molar refractivity (Wildman–Crippen MR) is 128 cm³/mol. The van der Waals surface area contributed by atoms with Crippen molar-refractivity contribution in [3.05, 3.63) is 65.9 Å². The van der Waals surface area contributed by atoms with Crippen LogP contribution in [-0.2, 0) is 6.18 Å². The maximum absolute atomic E-state index is 14.1. The molecule has 7 nitrogen and oxygen atoms in total. The second kappa shape index (κ2) is 9.40. The molecule has 2 unspecified atom stereocenters. The molecule has 0 saturated carbocycles. The van der Waals surface area contributed by atoms with Crippen LogP contribution < -0.4 is 16.4 Å². The first-order chi connectivity index (χ1) is 16.5. The van der Waals surface area contributed by atoms with Gasteiger partial charge in [0.15, 0.2) is 0 Å². The first kappa shape index (κ1) is 24.8. The minimum Gasteiger partial charge on any atom is -0.358 e. The van der Waals surface area contributed by atoms with Crippen molar-refractivity contribution in [2.24, 2.45) is 5.73 Å². The van der Waals surface area contributed by atoms with E-state index in [1.165, 1.54) is 24.4 Å². The number of halogens is 4. The first-order valence-electron chi connectivity index (χ1n) is 11.0. The number of anilines is 1. The maximum Gasteiger partial charge on any atom is 0.419 e. The Morgan fingerprint density at radius 2 is 2.03 bits per heavy atom. The van der Waals surface area contributed by atoms with Gasteiger partial charge in [0.1, 0.15) is 11.4 Å². The lowest BCUT2D eigenvalue weighted by Gasteiger charge is -2.38. The number of rotatable bonds is 7. The van der Waals surface area contributed by atoms with Gasteiger partial charge in [-0.1, -0.05) is 18.2 Å². The molecule has 0 amide bonds. The average molecular weight is 490 g/mol. The van der Waals surface area contributed by atoms with Gasteiger partial charge in [0, 0.05) is 35.1 Å². The number of alkyl halides is 3. The maximum atomic E-state index is 14.1. The molecular weight excluding hydrogens is 462 g/mol. The molecule has 0 saturated heterocycles. The molecule has 35 heavy (non-hydrogen) atoms. The van der Waals surface area contributed by atoms with E-state index in [1.807, 2.05) is 27.2 Å². The third-order valence-electron chi connectivity index (χ3n) is 6.22. The van der Waals surface area contributed by atoms with Crippen molar-refractivity contribution in [1.29, 1.82) is 0 Å². The normalized spacial score (nSPS) is 20.5. The van der Waals surface area contributed by atoms with E-state index in [2.05, 4.69) is 30.5 Å². The Labute approximate surface area is 200 Å². The topological polar surface area (TPSA) is 94.9 Å². The lowest BCUT2D eigenvalue weighted by Crippen LogP contribution is -2.57. The van der Waals surface area contributed by atoms with Crippen molar-refractivity contribution in [3.8, 4) is 11.3 Å². The summed E-state index contributed by atoms with van der Waals surface area (Å²) < 4.78 is 55.5. The van der Waals surface area contributed by atoms with Crippen LogP contribution in [0.1, 0.15) is 12.0 Å². The highest BCUT2D eigenvalue weighted by Crippen LogP contribution is 2.39. The highest BCUT2D eigenvalue weighted by atomic mass is 19.4. The molecule has 0 fully saturated rings. The Balaban J connectivity index is 1.68. The van der Waals surface area contributed by atoms with Gasteiger partial charge in [-0.25, -0.2) is 14.4 Å². The van der Waals surface area contributed by atoms with Crippen molar-refractivity contribution in [2.45, 2.75) is 24.2 Å². The number of benzene rings is 1. The van der Waals surface area contributed by atoms with Gasteiger partial charge in [-0.05, 0) is 52.3 Å². The number of aromatic amines is 1. The van der Waals surface area contributed by atoms with Crippen molar-refractivity contribution < 1.29 is 17.6 Å². The number of hydrogen-bond acceptors (Lipinski definition) is 6. The second-order valence-electron chi connectivity index (χ2n) is 8.77. The van der Waals surface area contributed by atoms with E-state index in [4.69, 9.17) is 5.73 Å². The van der Waals surface area contributed by atoms with Gasteiger partial charge >= 0.3 is 6.18 Å². The zero-order valence-corrected chi connectivity index (χ0v) is 19.5. The van der Waals surface area contributed by atoms with Gasteiger partial charge in [-0.3, -0.25) is 0 Å². The molecule has 2 atom stereocenters. The minimum atomic E-state index is -4.70. The number of para-hydroxylation sites is 1. The lowest BCUT2D eigenvalue weighted by molar-refractivity contribution is -0.137. The van der Waals surface area contributed by atoms with Crippen molar-refractivity contribution in [1.82, 2.24) is 25.2 Å². The molecule has 0 bridgehead atoms. The number of nitrogens with zero attached hydrogens (tertiary/aromatic N) is 3. The monoisotopic (exact) mass is 489 g/mol. The van der Waals surface area contributed by atoms with Gasteiger partial charge in [-0.2, -0.15) is 13.2 Å². The summed E-state index contributed by atoms with van der Waals surface area (Å²) in [7, 11) is 5.79. The van der Waals surface area contributed by atoms with E-state index in [1.54, 1.807) is 12.2 Å². The van der Waals surface area contributed by atoms with Crippen LogP contribution in [0, 0.1) is 5.82 Å². The Morgan fingerprint density at radius 3 is 2.69 bits per heavy atom. The molecule has 5 N–H and O–H groups in total. The third kappa shape index (κ3) is 4.93. The van der Waals surface area contributed by atoms with Crippen LogP contribution in [-0.4, -0.2) is 59.1 Å². The van der Waals surface area contributed by atoms with E-state index in [0.29, 0.717) is 11.1 Å². The number of H-pyrrole nitrogens is 1. The molecule has 2 aromatic heterocycles. The Bertz CT molecular complexity index is 1280. The zero-order chi connectivity index (χ0) is 25.4. The van der Waals surface area contributed by atoms with Crippen LogP contribution in [0.25, 0.3) is 22.2 Å². The first-order valence-corrected chi connectivity index (χ1v) is 11.0. The van der Waals surface area contributed by atoms with Crippen LogP contribution in [0.15, 0.2) is 54.5 Å². The molecule has 2 heterocycles. The smallest absolute Gasteiger partial charge is 0.358 e. The molecule has 1 aromatic carbocycles. The summed E-state index contributed by atoms with van der Waals surface area (Å²) in [6, 6.07) is 3.81. The number of nitrogens with two attached hydrogens (primary N) is 1. The van der Waals surface area contributed by atoms with Gasteiger partial charge in [0.05, 0.1) is 16.7 Å². The summed E-state index contributed by atoms with van der Waals surface area (Å²) in [5.41, 5.74) is 5.40. The molecule has 0 spiro atoms. The summed E-state index contributed by atoms with van der Waals surface area (Å²) in [4.78, 5) is 12.8. The largest absolute Gasteiger partial charge is 0.419 e. The SMILES string of the molecule is CNC1(CCN(C)C)C=CC(Nc2ncc(C(F)(F)F)c(-c3c[nH]c4c(F)cccc34)n2)=CC1N. The molecule has 11 heteroatoms. The molecule has 3 aromatic rings. The summed E-state index contributed by atoms with van der Waals surface area (Å²) in [6.45, 7) is 0.812. The number of aromatic nitrogens is 3. The van der Waals surface area contributed by atoms with Crippen LogP contribution in [0.5, 0.6) is 0 Å². The number of hydrogen-bond donors (Lipinski definition) is 4. The zero-order valence-electron chi connectivity index (χ0n) is 19.5. The number of fused-ring (bicyclic) bond motifs is 1. The third-order valence-corrected chi connectivity index (χ3v) is 6.22. The fourth-order valence-electron chi connectivity index (χ4n) is 4.16. The van der Waals surface area contributed by atoms with Crippen LogP contribution in [0.3, 0.4) is 0 Å². The minimum absolute atomic E-state index is 0.0351. The molecule has 186 valence electrons. The highest BCUT2D eigenvalue weighted by molar-refractivity contribution is 5.95. The highest BCUT2D eigenvalue weighted by Gasteiger charge is 2.37. The van der Waals surface area contributed by atoms with E-state index >= 15 is 0 Å².